The Morgan fingerprint density at radius 1 is 0.952 bits per heavy atom. The monoisotopic (exact) mass is 284 g/mol. The lowest BCUT2D eigenvalue weighted by molar-refractivity contribution is 0.135. The van der Waals surface area contributed by atoms with Crippen molar-refractivity contribution < 1.29 is 0 Å². The van der Waals surface area contributed by atoms with E-state index in [4.69, 9.17) is 0 Å². The molecule has 0 radical (unpaired) electrons. The molecule has 0 aromatic heterocycles. The molecule has 2 bridgehead atoms. The van der Waals surface area contributed by atoms with Gasteiger partial charge in [-0.2, -0.15) is 0 Å². The van der Waals surface area contributed by atoms with Crippen molar-refractivity contribution in [1.29, 1.82) is 0 Å². The summed E-state index contributed by atoms with van der Waals surface area (Å²) < 4.78 is 0. The Bertz CT molecular complexity index is 516. The molecule has 0 amide bonds. The van der Waals surface area contributed by atoms with Gasteiger partial charge in [0.25, 0.3) is 0 Å². The summed E-state index contributed by atoms with van der Waals surface area (Å²) in [5.74, 6) is 2.10. The van der Waals surface area contributed by atoms with Gasteiger partial charge in [0.05, 0.1) is 0 Å². The highest BCUT2D eigenvalue weighted by Crippen LogP contribution is 2.46. The standard InChI is InChI=1S/C19H28N2/c1-14-4-3-5-18(15(14)2)20-8-10-21(11-9-20)19-13-16-6-7-17(19)12-16/h3-5,16-17,19H,6-13H2,1-2H3/t16-,17-,19-/m0/s1. The smallest absolute Gasteiger partial charge is 0.0399 e. The van der Waals surface area contributed by atoms with Gasteiger partial charge in [-0.25, -0.2) is 0 Å². The quantitative estimate of drug-likeness (QED) is 0.818. The summed E-state index contributed by atoms with van der Waals surface area (Å²) in [5.41, 5.74) is 4.34. The van der Waals surface area contributed by atoms with Crippen molar-refractivity contribution in [1.82, 2.24) is 4.90 Å². The maximum atomic E-state index is 2.81. The lowest BCUT2D eigenvalue weighted by Gasteiger charge is -2.42. The van der Waals surface area contributed by atoms with Crippen molar-refractivity contribution in [3.63, 3.8) is 0 Å². The third kappa shape index (κ3) is 2.38. The highest BCUT2D eigenvalue weighted by Gasteiger charge is 2.42. The molecule has 1 aromatic rings. The normalized spacial score (nSPS) is 32.9. The molecule has 2 saturated carbocycles. The lowest BCUT2D eigenvalue weighted by Crippen LogP contribution is -2.51. The number of rotatable bonds is 2. The van der Waals surface area contributed by atoms with Crippen molar-refractivity contribution in [2.45, 2.75) is 45.6 Å². The number of nitrogens with zero attached hydrogens (tertiary/aromatic N) is 2. The van der Waals surface area contributed by atoms with Gasteiger partial charge >= 0.3 is 0 Å². The Balaban J connectivity index is 1.42. The van der Waals surface area contributed by atoms with Crippen molar-refractivity contribution in [3.8, 4) is 0 Å². The highest BCUT2D eigenvalue weighted by atomic mass is 15.3. The van der Waals surface area contributed by atoms with Crippen LogP contribution < -0.4 is 4.90 Å². The first kappa shape index (κ1) is 13.6. The molecule has 2 heteroatoms. The fourth-order valence-electron chi connectivity index (χ4n) is 5.03. The van der Waals surface area contributed by atoms with Crippen molar-refractivity contribution in [2.24, 2.45) is 11.8 Å². The van der Waals surface area contributed by atoms with E-state index in [1.165, 1.54) is 68.7 Å². The van der Waals surface area contributed by atoms with Crippen molar-refractivity contribution in [3.05, 3.63) is 29.3 Å². The van der Waals surface area contributed by atoms with E-state index in [0.29, 0.717) is 0 Å². The highest BCUT2D eigenvalue weighted by molar-refractivity contribution is 5.56. The van der Waals surface area contributed by atoms with Crippen molar-refractivity contribution in [2.75, 3.05) is 31.1 Å². The predicted octanol–water partition coefficient (Wildman–Crippen LogP) is 3.61. The predicted molar refractivity (Wildman–Crippen MR) is 88.9 cm³/mol. The molecular weight excluding hydrogens is 256 g/mol. The Kier molecular flexibility index (Phi) is 3.45. The van der Waals surface area contributed by atoms with Crippen LogP contribution in [-0.4, -0.2) is 37.1 Å². The molecule has 21 heavy (non-hydrogen) atoms. The molecule has 1 heterocycles. The Morgan fingerprint density at radius 2 is 1.76 bits per heavy atom. The molecular formula is C19H28N2. The van der Waals surface area contributed by atoms with Crippen LogP contribution in [0.1, 0.15) is 36.8 Å². The second-order valence-corrected chi connectivity index (χ2v) is 7.48. The van der Waals surface area contributed by atoms with Gasteiger partial charge in [0.1, 0.15) is 0 Å². The van der Waals surface area contributed by atoms with Crippen LogP contribution in [0.5, 0.6) is 0 Å². The molecule has 0 N–H and O–H groups in total. The number of aryl methyl sites for hydroxylation is 1. The van der Waals surface area contributed by atoms with E-state index in [1.54, 1.807) is 0 Å². The van der Waals surface area contributed by atoms with Crippen LogP contribution in [0.3, 0.4) is 0 Å². The van der Waals surface area contributed by atoms with Crippen LogP contribution in [-0.2, 0) is 0 Å². The Hall–Kier alpha value is -1.02. The van der Waals surface area contributed by atoms with E-state index in [-0.39, 0.29) is 0 Å². The summed E-state index contributed by atoms with van der Waals surface area (Å²) in [7, 11) is 0. The first-order chi connectivity index (χ1) is 10.2. The van der Waals surface area contributed by atoms with E-state index < -0.39 is 0 Å². The minimum Gasteiger partial charge on any atom is -0.369 e. The molecule has 114 valence electrons. The van der Waals surface area contributed by atoms with Crippen LogP contribution >= 0.6 is 0 Å². The van der Waals surface area contributed by atoms with Gasteiger partial charge in [0, 0.05) is 37.9 Å². The van der Waals surface area contributed by atoms with Crippen LogP contribution in [0.15, 0.2) is 18.2 Å². The average molecular weight is 284 g/mol. The zero-order valence-electron chi connectivity index (χ0n) is 13.5. The lowest BCUT2D eigenvalue weighted by atomic mass is 9.93. The van der Waals surface area contributed by atoms with Gasteiger partial charge in [-0.1, -0.05) is 18.6 Å². The first-order valence-corrected chi connectivity index (χ1v) is 8.77. The zero-order valence-corrected chi connectivity index (χ0v) is 13.5. The Morgan fingerprint density at radius 3 is 2.43 bits per heavy atom. The van der Waals surface area contributed by atoms with E-state index >= 15 is 0 Å². The third-order valence-corrected chi connectivity index (χ3v) is 6.40. The summed E-state index contributed by atoms with van der Waals surface area (Å²) in [6.45, 7) is 9.44. The van der Waals surface area contributed by atoms with Crippen LogP contribution in [0.25, 0.3) is 0 Å². The second-order valence-electron chi connectivity index (χ2n) is 7.48. The molecule has 4 rings (SSSR count). The summed E-state index contributed by atoms with van der Waals surface area (Å²) in [4.78, 5) is 5.41. The van der Waals surface area contributed by atoms with Crippen LogP contribution in [0, 0.1) is 25.7 Å². The number of benzene rings is 1. The van der Waals surface area contributed by atoms with Gasteiger partial charge in [0.15, 0.2) is 0 Å². The van der Waals surface area contributed by atoms with Gasteiger partial charge in [-0.15, -0.1) is 0 Å². The largest absolute Gasteiger partial charge is 0.369 e. The van der Waals surface area contributed by atoms with Crippen LogP contribution in [0.2, 0.25) is 0 Å². The number of hydrogen-bond acceptors (Lipinski definition) is 2. The topological polar surface area (TPSA) is 6.48 Å². The molecule has 3 aliphatic rings. The SMILES string of the molecule is Cc1cccc(N2CCN([C@H]3C[C@H]4CC[C@H]3C4)CC2)c1C. The molecule has 3 atom stereocenters. The minimum absolute atomic E-state index is 0.921. The van der Waals surface area contributed by atoms with E-state index in [2.05, 4.69) is 41.8 Å². The van der Waals surface area contributed by atoms with Crippen molar-refractivity contribution >= 4 is 5.69 Å². The molecule has 2 aliphatic carbocycles. The Labute approximate surface area is 129 Å². The molecule has 2 nitrogen and oxygen atoms in total. The van der Waals surface area contributed by atoms with Gasteiger partial charge in [-0.3, -0.25) is 4.90 Å². The molecule has 1 saturated heterocycles. The number of piperazine rings is 1. The van der Waals surface area contributed by atoms with E-state index in [1.807, 2.05) is 0 Å². The summed E-state index contributed by atoms with van der Waals surface area (Å²) in [5, 5.41) is 0. The second kappa shape index (κ2) is 5.31. The number of fused-ring (bicyclic) bond motifs is 2. The summed E-state index contributed by atoms with van der Waals surface area (Å²) >= 11 is 0. The molecule has 3 fully saturated rings. The third-order valence-electron chi connectivity index (χ3n) is 6.40. The summed E-state index contributed by atoms with van der Waals surface area (Å²) in [6, 6.07) is 7.66. The number of hydrogen-bond donors (Lipinski definition) is 0. The molecule has 1 aromatic carbocycles. The van der Waals surface area contributed by atoms with Crippen LogP contribution in [0.4, 0.5) is 5.69 Å². The molecule has 1 aliphatic heterocycles. The van der Waals surface area contributed by atoms with E-state index in [0.717, 1.165) is 17.9 Å². The number of anilines is 1. The fraction of sp³-hybridized carbons (Fsp3) is 0.684. The van der Waals surface area contributed by atoms with Gasteiger partial charge in [0.2, 0.25) is 0 Å². The maximum absolute atomic E-state index is 2.81. The molecule has 0 spiro atoms. The molecule has 0 unspecified atom stereocenters. The first-order valence-electron chi connectivity index (χ1n) is 8.77. The maximum Gasteiger partial charge on any atom is 0.0399 e. The van der Waals surface area contributed by atoms with E-state index in [9.17, 15) is 0 Å². The summed E-state index contributed by atoms with van der Waals surface area (Å²) in [6.07, 6.45) is 6.05. The van der Waals surface area contributed by atoms with Gasteiger partial charge < -0.3 is 4.90 Å². The average Bonchev–Trinajstić information content (AvgIpc) is 3.13. The minimum atomic E-state index is 0.921. The van der Waals surface area contributed by atoms with Gasteiger partial charge in [-0.05, 0) is 62.1 Å². The fourth-order valence-corrected chi connectivity index (χ4v) is 5.03. The zero-order chi connectivity index (χ0) is 14.4.